The van der Waals surface area contributed by atoms with Crippen molar-refractivity contribution in [1.82, 2.24) is 10.6 Å². The summed E-state index contributed by atoms with van der Waals surface area (Å²) < 4.78 is 5.61. The molecule has 2 aromatic rings. The first-order chi connectivity index (χ1) is 16.8. The van der Waals surface area contributed by atoms with Gasteiger partial charge < -0.3 is 20.5 Å². The molecule has 0 saturated heterocycles. The van der Waals surface area contributed by atoms with E-state index in [1.807, 2.05) is 50.2 Å². The normalized spacial score (nSPS) is 16.2. The fourth-order valence-electron chi connectivity index (χ4n) is 4.77. The first kappa shape index (κ1) is 24.5. The molecule has 2 aliphatic rings. The standard InChI is InChI=1S/C28H32N2O5/c1-17(2)14-15-24(27(32)33)29-26(31)25(18-8-7-9-18)30-28(34)35-16-23-21-12-5-3-10-19(21)20-11-4-6-13-22(20)23/h3-6,10-14,18,23-25H,7-9,15-16H2,1-2H3,(H,29,31)(H,30,34)(H,32,33). The molecule has 1 fully saturated rings. The first-order valence-electron chi connectivity index (χ1n) is 12.1. The van der Waals surface area contributed by atoms with E-state index in [4.69, 9.17) is 4.74 Å². The van der Waals surface area contributed by atoms with Gasteiger partial charge >= 0.3 is 12.1 Å². The highest BCUT2D eigenvalue weighted by Crippen LogP contribution is 2.44. The molecule has 0 heterocycles. The summed E-state index contributed by atoms with van der Waals surface area (Å²) in [6.45, 7) is 3.89. The highest BCUT2D eigenvalue weighted by molar-refractivity contribution is 5.89. The molecule has 2 amide bonds. The maximum absolute atomic E-state index is 13.0. The summed E-state index contributed by atoms with van der Waals surface area (Å²) in [5.41, 5.74) is 5.47. The van der Waals surface area contributed by atoms with Gasteiger partial charge in [-0.15, -0.1) is 0 Å². The molecule has 7 nitrogen and oxygen atoms in total. The van der Waals surface area contributed by atoms with Crippen LogP contribution in [0.1, 0.15) is 56.6 Å². The number of carbonyl (C=O) groups is 3. The lowest BCUT2D eigenvalue weighted by atomic mass is 9.79. The van der Waals surface area contributed by atoms with Gasteiger partial charge in [0.15, 0.2) is 0 Å². The van der Waals surface area contributed by atoms with Crippen molar-refractivity contribution in [3.8, 4) is 11.1 Å². The van der Waals surface area contributed by atoms with E-state index in [0.717, 1.165) is 47.1 Å². The quantitative estimate of drug-likeness (QED) is 0.458. The average Bonchev–Trinajstić information content (AvgIpc) is 3.12. The minimum Gasteiger partial charge on any atom is -0.480 e. The molecule has 3 N–H and O–H groups in total. The Labute approximate surface area is 205 Å². The largest absolute Gasteiger partial charge is 0.480 e. The molecular weight excluding hydrogens is 444 g/mol. The van der Waals surface area contributed by atoms with Crippen LogP contribution in [0.4, 0.5) is 4.79 Å². The molecule has 0 aromatic heterocycles. The lowest BCUT2D eigenvalue weighted by molar-refractivity contribution is -0.142. The van der Waals surface area contributed by atoms with E-state index in [0.29, 0.717) is 0 Å². The number of fused-ring (bicyclic) bond motifs is 3. The molecule has 184 valence electrons. The van der Waals surface area contributed by atoms with Gasteiger partial charge in [0.1, 0.15) is 18.7 Å². The van der Waals surface area contributed by atoms with Gasteiger partial charge in [-0.3, -0.25) is 4.79 Å². The number of aliphatic carboxylic acids is 1. The minimum atomic E-state index is -1.11. The summed E-state index contributed by atoms with van der Waals surface area (Å²) in [7, 11) is 0. The zero-order valence-corrected chi connectivity index (χ0v) is 20.1. The van der Waals surface area contributed by atoms with Crippen LogP contribution in [0.5, 0.6) is 0 Å². The molecule has 4 rings (SSSR count). The topological polar surface area (TPSA) is 105 Å². The second-order valence-electron chi connectivity index (χ2n) is 9.56. The van der Waals surface area contributed by atoms with Gasteiger partial charge in [-0.1, -0.05) is 66.6 Å². The Morgan fingerprint density at radius 3 is 2.11 bits per heavy atom. The van der Waals surface area contributed by atoms with Gasteiger partial charge in [0.05, 0.1) is 0 Å². The summed E-state index contributed by atoms with van der Waals surface area (Å²) in [5.74, 6) is -1.71. The Morgan fingerprint density at radius 2 is 1.60 bits per heavy atom. The zero-order valence-electron chi connectivity index (χ0n) is 20.1. The number of rotatable bonds is 9. The lowest BCUT2D eigenvalue weighted by Crippen LogP contribution is -2.55. The molecule has 0 radical (unpaired) electrons. The Kier molecular flexibility index (Phi) is 7.54. The van der Waals surface area contributed by atoms with Gasteiger partial charge in [-0.2, -0.15) is 0 Å². The molecule has 2 atom stereocenters. The van der Waals surface area contributed by atoms with Gasteiger partial charge in [-0.25, -0.2) is 9.59 Å². The predicted molar refractivity (Wildman–Crippen MR) is 133 cm³/mol. The summed E-state index contributed by atoms with van der Waals surface area (Å²) in [4.78, 5) is 37.4. The number of ether oxygens (including phenoxy) is 1. The van der Waals surface area contributed by atoms with E-state index >= 15 is 0 Å². The van der Waals surface area contributed by atoms with Crippen molar-refractivity contribution in [2.45, 2.75) is 57.5 Å². The minimum absolute atomic E-state index is 0.0339. The number of nitrogens with one attached hydrogen (secondary N) is 2. The van der Waals surface area contributed by atoms with Crippen molar-refractivity contribution in [3.05, 3.63) is 71.3 Å². The Hall–Kier alpha value is -3.61. The van der Waals surface area contributed by atoms with Crippen molar-refractivity contribution < 1.29 is 24.2 Å². The average molecular weight is 477 g/mol. The fraction of sp³-hybridized carbons (Fsp3) is 0.393. The molecule has 0 aliphatic heterocycles. The number of carbonyl (C=O) groups excluding carboxylic acids is 2. The van der Waals surface area contributed by atoms with E-state index < -0.39 is 30.1 Å². The maximum atomic E-state index is 13.0. The summed E-state index contributed by atoms with van der Waals surface area (Å²) in [6.07, 6.45) is 3.86. The molecule has 1 saturated carbocycles. The summed E-state index contributed by atoms with van der Waals surface area (Å²) in [6, 6.07) is 14.3. The number of hydrogen-bond acceptors (Lipinski definition) is 4. The van der Waals surface area contributed by atoms with Crippen LogP contribution in [-0.4, -0.2) is 41.8 Å². The monoisotopic (exact) mass is 476 g/mol. The smallest absolute Gasteiger partial charge is 0.407 e. The number of hydrogen-bond donors (Lipinski definition) is 3. The Morgan fingerprint density at radius 1 is 1.00 bits per heavy atom. The van der Waals surface area contributed by atoms with Crippen molar-refractivity contribution in [2.24, 2.45) is 5.92 Å². The van der Waals surface area contributed by atoms with Crippen LogP contribution < -0.4 is 10.6 Å². The highest BCUT2D eigenvalue weighted by atomic mass is 16.5. The Bertz CT molecular complexity index is 1090. The third-order valence-electron chi connectivity index (χ3n) is 6.90. The second-order valence-corrected chi connectivity index (χ2v) is 9.56. The molecule has 2 aromatic carbocycles. The van der Waals surface area contributed by atoms with Crippen LogP contribution in [0.15, 0.2) is 60.2 Å². The van der Waals surface area contributed by atoms with Gasteiger partial charge in [-0.05, 0) is 61.3 Å². The van der Waals surface area contributed by atoms with E-state index in [9.17, 15) is 19.5 Å². The van der Waals surface area contributed by atoms with Crippen LogP contribution in [0.3, 0.4) is 0 Å². The van der Waals surface area contributed by atoms with Crippen LogP contribution in [0.2, 0.25) is 0 Å². The summed E-state index contributed by atoms with van der Waals surface area (Å²) >= 11 is 0. The second kappa shape index (κ2) is 10.8. The predicted octanol–water partition coefficient (Wildman–Crippen LogP) is 4.62. The van der Waals surface area contributed by atoms with Gasteiger partial charge in [0.25, 0.3) is 0 Å². The molecule has 35 heavy (non-hydrogen) atoms. The van der Waals surface area contributed by atoms with E-state index in [2.05, 4.69) is 22.8 Å². The van der Waals surface area contributed by atoms with Crippen LogP contribution in [0.25, 0.3) is 11.1 Å². The highest BCUT2D eigenvalue weighted by Gasteiger charge is 2.36. The number of benzene rings is 2. The molecule has 0 bridgehead atoms. The van der Waals surface area contributed by atoms with Crippen molar-refractivity contribution in [3.63, 3.8) is 0 Å². The lowest BCUT2D eigenvalue weighted by Gasteiger charge is -2.33. The number of amides is 2. The third kappa shape index (κ3) is 5.56. The number of allylic oxidation sites excluding steroid dienone is 1. The molecule has 7 heteroatoms. The number of carboxylic acids is 1. The molecular formula is C28H32N2O5. The number of alkyl carbamates (subject to hydrolysis) is 1. The van der Waals surface area contributed by atoms with Gasteiger partial charge in [0.2, 0.25) is 5.91 Å². The summed E-state index contributed by atoms with van der Waals surface area (Å²) in [5, 5.41) is 14.8. The van der Waals surface area contributed by atoms with Crippen molar-refractivity contribution in [1.29, 1.82) is 0 Å². The van der Waals surface area contributed by atoms with E-state index in [1.54, 1.807) is 6.08 Å². The molecule has 2 aliphatic carbocycles. The zero-order chi connectivity index (χ0) is 24.9. The van der Waals surface area contributed by atoms with Crippen molar-refractivity contribution in [2.75, 3.05) is 6.61 Å². The van der Waals surface area contributed by atoms with E-state index in [1.165, 1.54) is 0 Å². The van der Waals surface area contributed by atoms with Gasteiger partial charge in [0, 0.05) is 5.92 Å². The molecule has 0 spiro atoms. The first-order valence-corrected chi connectivity index (χ1v) is 12.1. The maximum Gasteiger partial charge on any atom is 0.407 e. The van der Waals surface area contributed by atoms with Crippen LogP contribution in [0, 0.1) is 5.92 Å². The fourth-order valence-corrected chi connectivity index (χ4v) is 4.77. The van der Waals surface area contributed by atoms with Crippen LogP contribution >= 0.6 is 0 Å². The van der Waals surface area contributed by atoms with E-state index in [-0.39, 0.29) is 24.9 Å². The third-order valence-corrected chi connectivity index (χ3v) is 6.90. The van der Waals surface area contributed by atoms with Crippen LogP contribution in [-0.2, 0) is 14.3 Å². The van der Waals surface area contributed by atoms with Crippen molar-refractivity contribution >= 4 is 18.0 Å². The number of carboxylic acid groups (broad SMARTS) is 1. The Balaban J connectivity index is 1.41. The molecule has 2 unspecified atom stereocenters. The SMILES string of the molecule is CC(C)=CCC(NC(=O)C(NC(=O)OCC1c2ccccc2-c2ccccc21)C1CCC1)C(=O)O.